The van der Waals surface area contributed by atoms with E-state index in [1.165, 1.54) is 12.8 Å². The predicted octanol–water partition coefficient (Wildman–Crippen LogP) is 3.46. The number of anilines is 1. The quantitative estimate of drug-likeness (QED) is 0.873. The van der Waals surface area contributed by atoms with E-state index in [0.717, 1.165) is 25.1 Å². The lowest BCUT2D eigenvalue weighted by Gasteiger charge is -2.34. The molecule has 0 bridgehead atoms. The third-order valence-electron chi connectivity index (χ3n) is 4.60. The summed E-state index contributed by atoms with van der Waals surface area (Å²) < 4.78 is 0. The Hall–Kier alpha value is -1.58. The van der Waals surface area contributed by atoms with Crippen molar-refractivity contribution in [2.75, 3.05) is 11.9 Å². The van der Waals surface area contributed by atoms with Crippen LogP contribution in [0.3, 0.4) is 0 Å². The third-order valence-corrected chi connectivity index (χ3v) is 4.60. The number of amides is 1. The van der Waals surface area contributed by atoms with Crippen LogP contribution in [-0.2, 0) is 0 Å². The predicted molar refractivity (Wildman–Crippen MR) is 86.5 cm³/mol. The zero-order valence-electron chi connectivity index (χ0n) is 13.4. The zero-order valence-corrected chi connectivity index (χ0v) is 13.4. The second-order valence-electron chi connectivity index (χ2n) is 6.21. The summed E-state index contributed by atoms with van der Waals surface area (Å²) in [4.78, 5) is 16.6. The Bertz CT molecular complexity index is 458. The normalized spacial score (nSPS) is 25.4. The molecule has 1 fully saturated rings. The molecule has 0 spiro atoms. The Kier molecular flexibility index (Phi) is 5.59. The van der Waals surface area contributed by atoms with E-state index in [0.29, 0.717) is 17.5 Å². The summed E-state index contributed by atoms with van der Waals surface area (Å²) >= 11 is 0. The van der Waals surface area contributed by atoms with E-state index >= 15 is 0 Å². The van der Waals surface area contributed by atoms with Gasteiger partial charge in [0.1, 0.15) is 5.69 Å². The van der Waals surface area contributed by atoms with Gasteiger partial charge in [-0.3, -0.25) is 4.79 Å². The summed E-state index contributed by atoms with van der Waals surface area (Å²) in [7, 11) is 0. The van der Waals surface area contributed by atoms with Crippen molar-refractivity contribution < 1.29 is 4.79 Å². The van der Waals surface area contributed by atoms with Crippen LogP contribution in [0, 0.1) is 11.8 Å². The maximum atomic E-state index is 12.3. The van der Waals surface area contributed by atoms with Crippen molar-refractivity contribution in [3.05, 3.63) is 24.0 Å². The standard InChI is InChI=1S/C17H27N3O/c1-4-10-18-14-8-9-16(19-11-14)17(21)20-15-7-5-6-12(2)13(15)3/h8-9,11-13,15,18H,4-7,10H2,1-3H3,(H,20,21). The number of pyridine rings is 1. The number of nitrogens with one attached hydrogen (secondary N) is 2. The number of carbonyl (C=O) groups is 1. The van der Waals surface area contributed by atoms with Gasteiger partial charge in [0, 0.05) is 12.6 Å². The van der Waals surface area contributed by atoms with Crippen LogP contribution in [-0.4, -0.2) is 23.5 Å². The van der Waals surface area contributed by atoms with Crippen LogP contribution < -0.4 is 10.6 Å². The van der Waals surface area contributed by atoms with Crippen molar-refractivity contribution in [3.63, 3.8) is 0 Å². The molecule has 1 amide bonds. The second kappa shape index (κ2) is 7.43. The highest BCUT2D eigenvalue weighted by atomic mass is 16.1. The monoisotopic (exact) mass is 289 g/mol. The first-order valence-corrected chi connectivity index (χ1v) is 8.12. The zero-order chi connectivity index (χ0) is 15.2. The van der Waals surface area contributed by atoms with Crippen LogP contribution in [0.1, 0.15) is 56.9 Å². The van der Waals surface area contributed by atoms with Gasteiger partial charge in [-0.1, -0.05) is 33.6 Å². The lowest BCUT2D eigenvalue weighted by molar-refractivity contribution is 0.0886. The van der Waals surface area contributed by atoms with Gasteiger partial charge in [-0.05, 0) is 36.8 Å². The third kappa shape index (κ3) is 4.19. The summed E-state index contributed by atoms with van der Waals surface area (Å²) in [6, 6.07) is 4.00. The van der Waals surface area contributed by atoms with E-state index in [2.05, 4.69) is 36.4 Å². The molecule has 4 heteroatoms. The van der Waals surface area contributed by atoms with E-state index < -0.39 is 0 Å². The molecule has 1 aromatic heterocycles. The van der Waals surface area contributed by atoms with E-state index in [1.54, 1.807) is 12.3 Å². The molecular weight excluding hydrogens is 262 g/mol. The molecule has 1 heterocycles. The lowest BCUT2D eigenvalue weighted by atomic mass is 9.78. The van der Waals surface area contributed by atoms with Crippen LogP contribution in [0.25, 0.3) is 0 Å². The van der Waals surface area contributed by atoms with Gasteiger partial charge in [-0.15, -0.1) is 0 Å². The molecule has 1 aliphatic rings. The summed E-state index contributed by atoms with van der Waals surface area (Å²) in [6.07, 6.45) is 6.35. The average molecular weight is 289 g/mol. The Labute approximate surface area is 127 Å². The van der Waals surface area contributed by atoms with E-state index in [4.69, 9.17) is 0 Å². The van der Waals surface area contributed by atoms with Gasteiger partial charge < -0.3 is 10.6 Å². The molecule has 0 aromatic carbocycles. The first-order valence-electron chi connectivity index (χ1n) is 8.12. The van der Waals surface area contributed by atoms with Gasteiger partial charge in [0.05, 0.1) is 11.9 Å². The first-order chi connectivity index (χ1) is 10.1. The number of nitrogens with zero attached hydrogens (tertiary/aromatic N) is 1. The topological polar surface area (TPSA) is 54.0 Å². The van der Waals surface area contributed by atoms with E-state index in [1.807, 2.05) is 6.07 Å². The minimum atomic E-state index is -0.0528. The van der Waals surface area contributed by atoms with Gasteiger partial charge in [-0.25, -0.2) is 4.98 Å². The molecular formula is C17H27N3O. The Balaban J connectivity index is 1.93. The number of carbonyl (C=O) groups excluding carboxylic acids is 1. The number of hydrogen-bond acceptors (Lipinski definition) is 3. The van der Waals surface area contributed by atoms with Crippen molar-refractivity contribution in [1.29, 1.82) is 0 Å². The van der Waals surface area contributed by atoms with Crippen molar-refractivity contribution >= 4 is 11.6 Å². The molecule has 4 nitrogen and oxygen atoms in total. The molecule has 3 unspecified atom stereocenters. The summed E-state index contributed by atoms with van der Waals surface area (Å²) in [5.41, 5.74) is 1.47. The van der Waals surface area contributed by atoms with Crippen molar-refractivity contribution in [1.82, 2.24) is 10.3 Å². The molecule has 1 saturated carbocycles. The van der Waals surface area contributed by atoms with E-state index in [-0.39, 0.29) is 11.9 Å². The Morgan fingerprint density at radius 1 is 1.33 bits per heavy atom. The molecule has 2 rings (SSSR count). The molecule has 0 saturated heterocycles. The van der Waals surface area contributed by atoms with Crippen molar-refractivity contribution in [2.24, 2.45) is 11.8 Å². The van der Waals surface area contributed by atoms with Gasteiger partial charge in [0.15, 0.2) is 0 Å². The molecule has 0 aliphatic heterocycles. The molecule has 1 aromatic rings. The molecule has 1 aliphatic carbocycles. The summed E-state index contributed by atoms with van der Waals surface area (Å²) in [6.45, 7) is 7.55. The number of rotatable bonds is 5. The fraction of sp³-hybridized carbons (Fsp3) is 0.647. The molecule has 2 N–H and O–H groups in total. The van der Waals surface area contributed by atoms with Crippen molar-refractivity contribution in [2.45, 2.75) is 52.5 Å². The highest BCUT2D eigenvalue weighted by Crippen LogP contribution is 2.29. The maximum Gasteiger partial charge on any atom is 0.270 e. The highest BCUT2D eigenvalue weighted by Gasteiger charge is 2.28. The number of hydrogen-bond donors (Lipinski definition) is 2. The van der Waals surface area contributed by atoms with Crippen LogP contribution in [0.2, 0.25) is 0 Å². The molecule has 0 radical (unpaired) electrons. The van der Waals surface area contributed by atoms with Crippen LogP contribution in [0.4, 0.5) is 5.69 Å². The van der Waals surface area contributed by atoms with Crippen LogP contribution in [0.5, 0.6) is 0 Å². The van der Waals surface area contributed by atoms with Gasteiger partial charge in [0.2, 0.25) is 0 Å². The smallest absolute Gasteiger partial charge is 0.270 e. The van der Waals surface area contributed by atoms with Gasteiger partial charge in [0.25, 0.3) is 5.91 Å². The average Bonchev–Trinajstić information content (AvgIpc) is 2.50. The SMILES string of the molecule is CCCNc1ccc(C(=O)NC2CCCC(C)C2C)nc1. The van der Waals surface area contributed by atoms with E-state index in [9.17, 15) is 4.79 Å². The minimum Gasteiger partial charge on any atom is -0.384 e. The minimum absolute atomic E-state index is 0.0528. The summed E-state index contributed by atoms with van der Waals surface area (Å²) in [5.74, 6) is 1.16. The first kappa shape index (κ1) is 15.8. The maximum absolute atomic E-state index is 12.3. The van der Waals surface area contributed by atoms with Crippen LogP contribution >= 0.6 is 0 Å². The van der Waals surface area contributed by atoms with Crippen molar-refractivity contribution in [3.8, 4) is 0 Å². The Morgan fingerprint density at radius 3 is 2.81 bits per heavy atom. The number of aromatic nitrogens is 1. The Morgan fingerprint density at radius 2 is 2.14 bits per heavy atom. The molecule has 21 heavy (non-hydrogen) atoms. The molecule has 3 atom stereocenters. The fourth-order valence-corrected chi connectivity index (χ4v) is 2.93. The highest BCUT2D eigenvalue weighted by molar-refractivity contribution is 5.92. The lowest BCUT2D eigenvalue weighted by Crippen LogP contribution is -2.43. The van der Waals surface area contributed by atoms with Gasteiger partial charge in [-0.2, -0.15) is 0 Å². The fourth-order valence-electron chi connectivity index (χ4n) is 2.93. The molecule has 116 valence electrons. The summed E-state index contributed by atoms with van der Waals surface area (Å²) in [5, 5.41) is 6.42. The second-order valence-corrected chi connectivity index (χ2v) is 6.21. The largest absolute Gasteiger partial charge is 0.384 e. The van der Waals surface area contributed by atoms with Crippen LogP contribution in [0.15, 0.2) is 18.3 Å². The van der Waals surface area contributed by atoms with Gasteiger partial charge >= 0.3 is 0 Å².